The SMILES string of the molecule is CCO[Si](CCCN/C(=N\C(C)C)NC(C)C)(OCC)OCC. The topological polar surface area (TPSA) is 64.1 Å². The van der Waals surface area contributed by atoms with Crippen LogP contribution in [0.3, 0.4) is 0 Å². The highest BCUT2D eigenvalue weighted by atomic mass is 28.4. The minimum absolute atomic E-state index is 0.257. The van der Waals surface area contributed by atoms with Gasteiger partial charge in [0, 0.05) is 44.5 Å². The van der Waals surface area contributed by atoms with Crippen LogP contribution in [-0.2, 0) is 13.3 Å². The second-order valence-corrected chi connectivity index (χ2v) is 8.61. The van der Waals surface area contributed by atoms with E-state index in [-0.39, 0.29) is 6.04 Å². The summed E-state index contributed by atoms with van der Waals surface area (Å²) in [4.78, 5) is 4.57. The van der Waals surface area contributed by atoms with E-state index in [1.807, 2.05) is 20.8 Å². The molecule has 0 amide bonds. The molecule has 0 spiro atoms. The number of aliphatic imine (C=N–C) groups is 1. The Kier molecular flexibility index (Phi) is 12.4. The molecule has 0 aliphatic rings. The van der Waals surface area contributed by atoms with Crippen LogP contribution in [0.5, 0.6) is 0 Å². The molecule has 0 atom stereocenters. The molecular formula is C16H37N3O3Si. The summed E-state index contributed by atoms with van der Waals surface area (Å²) < 4.78 is 17.6. The number of nitrogens with zero attached hydrogens (tertiary/aromatic N) is 1. The monoisotopic (exact) mass is 347 g/mol. The fraction of sp³-hybridized carbons (Fsp3) is 0.938. The number of hydrogen-bond donors (Lipinski definition) is 2. The van der Waals surface area contributed by atoms with E-state index in [2.05, 4.69) is 43.3 Å². The van der Waals surface area contributed by atoms with Gasteiger partial charge < -0.3 is 23.9 Å². The first-order valence-electron chi connectivity index (χ1n) is 8.89. The van der Waals surface area contributed by atoms with Gasteiger partial charge in [-0.1, -0.05) is 0 Å². The quantitative estimate of drug-likeness (QED) is 0.246. The van der Waals surface area contributed by atoms with Crippen molar-refractivity contribution in [2.45, 2.75) is 73.0 Å². The molecule has 0 aliphatic carbocycles. The van der Waals surface area contributed by atoms with Crippen molar-refractivity contribution in [3.8, 4) is 0 Å². The van der Waals surface area contributed by atoms with Crippen molar-refractivity contribution in [2.24, 2.45) is 4.99 Å². The van der Waals surface area contributed by atoms with Crippen LogP contribution in [0, 0.1) is 0 Å². The summed E-state index contributed by atoms with van der Waals surface area (Å²) in [5.74, 6) is 0.853. The Morgan fingerprint density at radius 2 is 1.48 bits per heavy atom. The van der Waals surface area contributed by atoms with Crippen molar-refractivity contribution in [1.82, 2.24) is 10.6 Å². The molecule has 2 N–H and O–H groups in total. The highest BCUT2D eigenvalue weighted by Crippen LogP contribution is 2.17. The summed E-state index contributed by atoms with van der Waals surface area (Å²) in [6.45, 7) is 17.0. The van der Waals surface area contributed by atoms with Crippen molar-refractivity contribution < 1.29 is 13.3 Å². The summed E-state index contributed by atoms with van der Waals surface area (Å²) in [5, 5.41) is 6.72. The maximum atomic E-state index is 5.87. The molecular weight excluding hydrogens is 310 g/mol. The van der Waals surface area contributed by atoms with E-state index >= 15 is 0 Å². The molecule has 0 rings (SSSR count). The zero-order valence-electron chi connectivity index (χ0n) is 16.1. The molecule has 0 aromatic heterocycles. The standard InChI is InChI=1S/C16H37N3O3Si/c1-8-20-23(21-9-2,22-10-3)13-11-12-17-16(18-14(4)5)19-15(6)7/h14-15H,8-13H2,1-7H3,(H2,17,18,19). The summed E-state index contributed by atoms with van der Waals surface area (Å²) in [7, 11) is -2.53. The van der Waals surface area contributed by atoms with Crippen LogP contribution < -0.4 is 10.6 Å². The predicted molar refractivity (Wildman–Crippen MR) is 98.9 cm³/mol. The van der Waals surface area contributed by atoms with Gasteiger partial charge in [0.25, 0.3) is 0 Å². The van der Waals surface area contributed by atoms with Crippen LogP contribution in [0.2, 0.25) is 6.04 Å². The average Bonchev–Trinajstić information content (AvgIpc) is 2.43. The molecule has 0 bridgehead atoms. The van der Waals surface area contributed by atoms with Gasteiger partial charge in [-0.05, 0) is 54.9 Å². The Morgan fingerprint density at radius 3 is 1.87 bits per heavy atom. The van der Waals surface area contributed by atoms with E-state index in [4.69, 9.17) is 13.3 Å². The van der Waals surface area contributed by atoms with E-state index in [9.17, 15) is 0 Å². The van der Waals surface area contributed by atoms with Crippen molar-refractivity contribution in [2.75, 3.05) is 26.4 Å². The highest BCUT2D eigenvalue weighted by Gasteiger charge is 2.39. The summed E-state index contributed by atoms with van der Waals surface area (Å²) in [6, 6.07) is 1.42. The maximum absolute atomic E-state index is 5.87. The largest absolute Gasteiger partial charge is 0.500 e. The third-order valence-corrected chi connectivity index (χ3v) is 6.01. The van der Waals surface area contributed by atoms with Crippen LogP contribution in [0.4, 0.5) is 0 Å². The Morgan fingerprint density at radius 1 is 0.957 bits per heavy atom. The first-order valence-corrected chi connectivity index (χ1v) is 10.8. The molecule has 7 heteroatoms. The third kappa shape index (κ3) is 10.7. The van der Waals surface area contributed by atoms with Crippen LogP contribution in [0.25, 0.3) is 0 Å². The van der Waals surface area contributed by atoms with E-state index in [1.165, 1.54) is 0 Å². The van der Waals surface area contributed by atoms with Gasteiger partial charge in [0.1, 0.15) is 0 Å². The number of hydrogen-bond acceptors (Lipinski definition) is 4. The molecule has 0 aliphatic heterocycles. The Bertz CT molecular complexity index is 309. The van der Waals surface area contributed by atoms with Gasteiger partial charge in [-0.3, -0.25) is 4.99 Å². The summed E-state index contributed by atoms with van der Waals surface area (Å²) >= 11 is 0. The Labute approximate surface area is 143 Å². The van der Waals surface area contributed by atoms with Crippen LogP contribution in [0.1, 0.15) is 54.9 Å². The average molecular weight is 348 g/mol. The molecule has 0 saturated heterocycles. The lowest BCUT2D eigenvalue weighted by Crippen LogP contribution is -2.47. The molecule has 6 nitrogen and oxygen atoms in total. The zero-order chi connectivity index (χ0) is 17.7. The Hall–Kier alpha value is -0.633. The minimum atomic E-state index is -2.53. The first-order chi connectivity index (χ1) is 10.9. The maximum Gasteiger partial charge on any atom is 0.500 e. The van der Waals surface area contributed by atoms with Crippen molar-refractivity contribution >= 4 is 14.8 Å². The van der Waals surface area contributed by atoms with Crippen molar-refractivity contribution in [3.63, 3.8) is 0 Å². The fourth-order valence-electron chi connectivity index (χ4n) is 2.18. The van der Waals surface area contributed by atoms with E-state index < -0.39 is 8.80 Å². The van der Waals surface area contributed by atoms with Gasteiger partial charge in [-0.15, -0.1) is 0 Å². The van der Waals surface area contributed by atoms with E-state index in [1.54, 1.807) is 0 Å². The fourth-order valence-corrected chi connectivity index (χ4v) is 4.79. The first kappa shape index (κ1) is 22.4. The summed E-state index contributed by atoms with van der Waals surface area (Å²) in [5.41, 5.74) is 0. The number of nitrogens with one attached hydrogen (secondary N) is 2. The van der Waals surface area contributed by atoms with Crippen molar-refractivity contribution in [3.05, 3.63) is 0 Å². The van der Waals surface area contributed by atoms with Gasteiger partial charge in [0.05, 0.1) is 0 Å². The van der Waals surface area contributed by atoms with Crippen molar-refractivity contribution in [1.29, 1.82) is 0 Å². The molecule has 0 aromatic carbocycles. The molecule has 138 valence electrons. The lowest BCUT2D eigenvalue weighted by molar-refractivity contribution is 0.0709. The van der Waals surface area contributed by atoms with E-state index in [0.717, 1.165) is 25.0 Å². The molecule has 0 fully saturated rings. The van der Waals surface area contributed by atoms with Crippen LogP contribution in [0.15, 0.2) is 4.99 Å². The lowest BCUT2D eigenvalue weighted by Gasteiger charge is -2.28. The third-order valence-electron chi connectivity index (χ3n) is 2.86. The number of guanidine groups is 1. The predicted octanol–water partition coefficient (Wildman–Crippen LogP) is 2.78. The van der Waals surface area contributed by atoms with Gasteiger partial charge in [0.15, 0.2) is 5.96 Å². The molecule has 0 radical (unpaired) electrons. The van der Waals surface area contributed by atoms with E-state index in [0.29, 0.717) is 25.9 Å². The minimum Gasteiger partial charge on any atom is -0.374 e. The van der Waals surface area contributed by atoms with Crippen LogP contribution in [-0.4, -0.2) is 53.2 Å². The second-order valence-electron chi connectivity index (χ2n) is 5.88. The summed E-state index contributed by atoms with van der Waals surface area (Å²) in [6.07, 6.45) is 0.920. The molecule has 0 saturated carbocycles. The van der Waals surface area contributed by atoms with Crippen LogP contribution >= 0.6 is 0 Å². The van der Waals surface area contributed by atoms with Gasteiger partial charge >= 0.3 is 8.80 Å². The smallest absolute Gasteiger partial charge is 0.374 e. The van der Waals surface area contributed by atoms with Gasteiger partial charge in [-0.25, -0.2) is 0 Å². The number of rotatable bonds is 12. The highest BCUT2D eigenvalue weighted by molar-refractivity contribution is 6.60. The molecule has 0 heterocycles. The lowest BCUT2D eigenvalue weighted by atomic mass is 10.4. The second kappa shape index (κ2) is 12.7. The van der Waals surface area contributed by atoms with Gasteiger partial charge in [0.2, 0.25) is 0 Å². The van der Waals surface area contributed by atoms with Gasteiger partial charge in [-0.2, -0.15) is 0 Å². The molecule has 23 heavy (non-hydrogen) atoms. The normalized spacial score (nSPS) is 13.0. The zero-order valence-corrected chi connectivity index (χ0v) is 17.1. The Balaban J connectivity index is 4.50. The molecule has 0 unspecified atom stereocenters. The molecule has 0 aromatic rings.